The van der Waals surface area contributed by atoms with E-state index in [1.165, 1.54) is 12.3 Å². The molecule has 0 radical (unpaired) electrons. The maximum Gasteiger partial charge on any atom is 0.249 e. The molecule has 2 N–H and O–H groups in total. The summed E-state index contributed by atoms with van der Waals surface area (Å²) in [5, 5.41) is 13.5. The van der Waals surface area contributed by atoms with Crippen LogP contribution in [0.5, 0.6) is 0 Å². The summed E-state index contributed by atoms with van der Waals surface area (Å²) in [5.74, 6) is -1.19. The second kappa shape index (κ2) is 6.13. The number of hydrogen-bond acceptors (Lipinski definition) is 5. The molecular formula is C15H11F2N5. The van der Waals surface area contributed by atoms with Crippen molar-refractivity contribution in [3.8, 4) is 0 Å². The van der Waals surface area contributed by atoms with E-state index < -0.39 is 11.6 Å². The lowest BCUT2D eigenvalue weighted by atomic mass is 10.3. The molecule has 1 heterocycles. The zero-order valence-electron chi connectivity index (χ0n) is 11.3. The topological polar surface area (TPSA) is 62.7 Å². The SMILES string of the molecule is Fc1ccc(Nc2cnnc(Nc3ccccc3)n2)cc1F. The molecule has 0 saturated heterocycles. The molecule has 0 aliphatic rings. The monoisotopic (exact) mass is 299 g/mol. The highest BCUT2D eigenvalue weighted by Crippen LogP contribution is 2.18. The molecule has 3 aromatic rings. The van der Waals surface area contributed by atoms with Crippen LogP contribution in [-0.4, -0.2) is 15.2 Å². The van der Waals surface area contributed by atoms with Crippen LogP contribution >= 0.6 is 0 Å². The predicted molar refractivity (Wildman–Crippen MR) is 79.2 cm³/mol. The number of nitrogens with one attached hydrogen (secondary N) is 2. The van der Waals surface area contributed by atoms with Crippen LogP contribution in [0.1, 0.15) is 0 Å². The van der Waals surface area contributed by atoms with E-state index in [0.717, 1.165) is 17.8 Å². The summed E-state index contributed by atoms with van der Waals surface area (Å²) < 4.78 is 26.1. The number of nitrogens with zero attached hydrogens (tertiary/aromatic N) is 3. The van der Waals surface area contributed by atoms with Crippen molar-refractivity contribution in [2.75, 3.05) is 10.6 Å². The van der Waals surface area contributed by atoms with Crippen LogP contribution in [0.15, 0.2) is 54.7 Å². The minimum atomic E-state index is -0.936. The minimum absolute atomic E-state index is 0.291. The molecule has 1 aromatic heterocycles. The van der Waals surface area contributed by atoms with Gasteiger partial charge in [-0.3, -0.25) is 0 Å². The van der Waals surface area contributed by atoms with E-state index in [0.29, 0.717) is 17.5 Å². The van der Waals surface area contributed by atoms with Crippen molar-refractivity contribution in [3.63, 3.8) is 0 Å². The number of hydrogen-bond donors (Lipinski definition) is 2. The number of benzene rings is 2. The van der Waals surface area contributed by atoms with E-state index in [2.05, 4.69) is 25.8 Å². The Morgan fingerprint density at radius 1 is 0.818 bits per heavy atom. The highest BCUT2D eigenvalue weighted by molar-refractivity contribution is 5.58. The Morgan fingerprint density at radius 3 is 2.41 bits per heavy atom. The molecule has 0 unspecified atom stereocenters. The van der Waals surface area contributed by atoms with Crippen LogP contribution in [0.25, 0.3) is 0 Å². The number of para-hydroxylation sites is 1. The lowest BCUT2D eigenvalue weighted by Crippen LogP contribution is -2.02. The standard InChI is InChI=1S/C15H11F2N5/c16-12-7-6-11(8-13(12)17)19-14-9-18-22-15(21-14)20-10-4-2-1-3-5-10/h1-9H,(H2,19,20,21,22). The molecular weight excluding hydrogens is 288 g/mol. The maximum absolute atomic E-state index is 13.2. The molecule has 5 nitrogen and oxygen atoms in total. The number of halogens is 2. The summed E-state index contributed by atoms with van der Waals surface area (Å²) in [6.45, 7) is 0. The first-order valence-electron chi connectivity index (χ1n) is 6.44. The summed E-state index contributed by atoms with van der Waals surface area (Å²) in [6.07, 6.45) is 1.39. The summed E-state index contributed by atoms with van der Waals surface area (Å²) in [5.41, 5.74) is 1.18. The average Bonchev–Trinajstić information content (AvgIpc) is 2.52. The van der Waals surface area contributed by atoms with Crippen LogP contribution in [0.4, 0.5) is 31.9 Å². The van der Waals surface area contributed by atoms with Crippen molar-refractivity contribution in [1.82, 2.24) is 15.2 Å². The van der Waals surface area contributed by atoms with Crippen molar-refractivity contribution in [3.05, 3.63) is 66.4 Å². The van der Waals surface area contributed by atoms with Gasteiger partial charge in [0, 0.05) is 17.4 Å². The molecule has 0 amide bonds. The lowest BCUT2D eigenvalue weighted by molar-refractivity contribution is 0.509. The molecule has 0 atom stereocenters. The number of aromatic nitrogens is 3. The molecule has 22 heavy (non-hydrogen) atoms. The highest BCUT2D eigenvalue weighted by atomic mass is 19.2. The molecule has 0 spiro atoms. The molecule has 0 fully saturated rings. The van der Waals surface area contributed by atoms with Crippen molar-refractivity contribution >= 4 is 23.1 Å². The Balaban J connectivity index is 1.77. The smallest absolute Gasteiger partial charge is 0.249 e. The van der Waals surface area contributed by atoms with Gasteiger partial charge < -0.3 is 10.6 Å². The van der Waals surface area contributed by atoms with E-state index in [1.54, 1.807) is 0 Å². The lowest BCUT2D eigenvalue weighted by Gasteiger charge is -2.07. The predicted octanol–water partition coefficient (Wildman–Crippen LogP) is 3.64. The second-order valence-electron chi connectivity index (χ2n) is 4.41. The zero-order valence-corrected chi connectivity index (χ0v) is 11.3. The normalized spacial score (nSPS) is 10.3. The Morgan fingerprint density at radius 2 is 1.64 bits per heavy atom. The van der Waals surface area contributed by atoms with E-state index in [1.807, 2.05) is 30.3 Å². The molecule has 2 aromatic carbocycles. The van der Waals surface area contributed by atoms with Gasteiger partial charge in [-0.15, -0.1) is 5.10 Å². The van der Waals surface area contributed by atoms with Gasteiger partial charge in [0.25, 0.3) is 0 Å². The summed E-state index contributed by atoms with van der Waals surface area (Å²) in [7, 11) is 0. The first kappa shape index (κ1) is 13.9. The highest BCUT2D eigenvalue weighted by Gasteiger charge is 2.05. The van der Waals surface area contributed by atoms with Crippen molar-refractivity contribution in [1.29, 1.82) is 0 Å². The Kier molecular flexibility index (Phi) is 3.86. The molecule has 0 aliphatic carbocycles. The van der Waals surface area contributed by atoms with Crippen molar-refractivity contribution in [2.24, 2.45) is 0 Å². The third kappa shape index (κ3) is 3.32. The first-order valence-corrected chi connectivity index (χ1v) is 6.44. The van der Waals surface area contributed by atoms with Crippen LogP contribution in [-0.2, 0) is 0 Å². The van der Waals surface area contributed by atoms with Gasteiger partial charge in [-0.1, -0.05) is 18.2 Å². The van der Waals surface area contributed by atoms with Crippen molar-refractivity contribution < 1.29 is 8.78 Å². The Hall–Kier alpha value is -3.09. The van der Waals surface area contributed by atoms with Gasteiger partial charge >= 0.3 is 0 Å². The fourth-order valence-electron chi connectivity index (χ4n) is 1.79. The largest absolute Gasteiger partial charge is 0.339 e. The summed E-state index contributed by atoms with van der Waals surface area (Å²) >= 11 is 0. The van der Waals surface area contributed by atoms with Gasteiger partial charge in [0.15, 0.2) is 17.5 Å². The van der Waals surface area contributed by atoms with Gasteiger partial charge in [-0.25, -0.2) is 8.78 Å². The van der Waals surface area contributed by atoms with Crippen LogP contribution in [0, 0.1) is 11.6 Å². The summed E-state index contributed by atoms with van der Waals surface area (Å²) in [4.78, 5) is 4.20. The van der Waals surface area contributed by atoms with Crippen LogP contribution in [0.2, 0.25) is 0 Å². The summed E-state index contributed by atoms with van der Waals surface area (Å²) in [6, 6.07) is 12.9. The average molecular weight is 299 g/mol. The Labute approximate surface area is 125 Å². The number of anilines is 4. The van der Waals surface area contributed by atoms with Gasteiger partial charge in [0.2, 0.25) is 5.95 Å². The van der Waals surface area contributed by atoms with Crippen LogP contribution in [0.3, 0.4) is 0 Å². The van der Waals surface area contributed by atoms with E-state index in [9.17, 15) is 8.78 Å². The van der Waals surface area contributed by atoms with Crippen LogP contribution < -0.4 is 10.6 Å². The van der Waals surface area contributed by atoms with Gasteiger partial charge in [-0.2, -0.15) is 10.1 Å². The van der Waals surface area contributed by atoms with Gasteiger partial charge in [0.1, 0.15) is 0 Å². The first-order chi connectivity index (χ1) is 10.7. The maximum atomic E-state index is 13.2. The fourth-order valence-corrected chi connectivity index (χ4v) is 1.79. The molecule has 7 heteroatoms. The van der Waals surface area contributed by atoms with E-state index >= 15 is 0 Å². The quantitative estimate of drug-likeness (QED) is 0.770. The molecule has 110 valence electrons. The van der Waals surface area contributed by atoms with E-state index in [4.69, 9.17) is 0 Å². The third-order valence-corrected chi connectivity index (χ3v) is 2.78. The molecule has 0 bridgehead atoms. The zero-order chi connectivity index (χ0) is 15.4. The van der Waals surface area contributed by atoms with Gasteiger partial charge in [-0.05, 0) is 24.3 Å². The second-order valence-corrected chi connectivity index (χ2v) is 4.41. The Bertz CT molecular complexity index is 780. The molecule has 0 saturated carbocycles. The third-order valence-electron chi connectivity index (χ3n) is 2.78. The minimum Gasteiger partial charge on any atom is -0.339 e. The van der Waals surface area contributed by atoms with E-state index in [-0.39, 0.29) is 0 Å². The molecule has 3 rings (SSSR count). The number of rotatable bonds is 4. The van der Waals surface area contributed by atoms with Gasteiger partial charge in [0.05, 0.1) is 6.20 Å². The van der Waals surface area contributed by atoms with Crippen molar-refractivity contribution in [2.45, 2.75) is 0 Å². The fraction of sp³-hybridized carbons (Fsp3) is 0. The molecule has 0 aliphatic heterocycles.